The van der Waals surface area contributed by atoms with E-state index in [0.717, 1.165) is 6.54 Å². The summed E-state index contributed by atoms with van der Waals surface area (Å²) < 4.78 is 0. The first-order valence-electron chi connectivity index (χ1n) is 6.35. The summed E-state index contributed by atoms with van der Waals surface area (Å²) in [6.45, 7) is 9.41. The predicted octanol–water partition coefficient (Wildman–Crippen LogP) is 2.51. The Hall–Kier alpha value is -1.07. The largest absolute Gasteiger partial charge is 0.347 e. The molecule has 0 radical (unpaired) electrons. The molecule has 102 valence electrons. The first kappa shape index (κ1) is 15.0. The van der Waals surface area contributed by atoms with E-state index in [9.17, 15) is 0 Å². The number of guanidine groups is 1. The number of hydrogen-bond donors (Lipinski definition) is 3. The summed E-state index contributed by atoms with van der Waals surface area (Å²) in [4.78, 5) is 5.75. The van der Waals surface area contributed by atoms with Gasteiger partial charge in [-0.1, -0.05) is 33.8 Å². The molecule has 0 aliphatic heterocycles. The quantitative estimate of drug-likeness (QED) is 0.333. The molecule has 1 heterocycles. The van der Waals surface area contributed by atoms with Gasteiger partial charge >= 0.3 is 0 Å². The fourth-order valence-corrected chi connectivity index (χ4v) is 2.54. The fraction of sp³-hybridized carbons (Fsp3) is 0.615. The molecule has 0 saturated heterocycles. The second-order valence-electron chi connectivity index (χ2n) is 5.11. The van der Waals surface area contributed by atoms with Gasteiger partial charge in [-0.25, -0.2) is 5.84 Å². The van der Waals surface area contributed by atoms with Crippen molar-refractivity contribution in [1.82, 2.24) is 10.7 Å². The van der Waals surface area contributed by atoms with Crippen molar-refractivity contribution < 1.29 is 0 Å². The zero-order valence-corrected chi connectivity index (χ0v) is 12.4. The molecule has 18 heavy (non-hydrogen) atoms. The Kier molecular flexibility index (Phi) is 6.15. The predicted molar refractivity (Wildman–Crippen MR) is 79.5 cm³/mol. The van der Waals surface area contributed by atoms with Crippen LogP contribution in [0.1, 0.15) is 38.6 Å². The molecule has 1 unspecified atom stereocenters. The lowest BCUT2D eigenvalue weighted by Crippen LogP contribution is -2.44. The van der Waals surface area contributed by atoms with E-state index in [1.165, 1.54) is 4.88 Å². The monoisotopic (exact) mass is 268 g/mol. The Morgan fingerprint density at radius 1 is 1.39 bits per heavy atom. The summed E-state index contributed by atoms with van der Waals surface area (Å²) in [7, 11) is 0. The number of thiophene rings is 1. The molecule has 0 aliphatic rings. The Labute approximate surface area is 114 Å². The Morgan fingerprint density at radius 3 is 2.56 bits per heavy atom. The van der Waals surface area contributed by atoms with Crippen molar-refractivity contribution in [1.29, 1.82) is 0 Å². The van der Waals surface area contributed by atoms with Gasteiger partial charge in [-0.15, -0.1) is 11.3 Å². The smallest absolute Gasteiger partial charge is 0.206 e. The highest BCUT2D eigenvalue weighted by Gasteiger charge is 2.17. The van der Waals surface area contributed by atoms with Crippen LogP contribution in [0.25, 0.3) is 0 Å². The molecule has 0 spiro atoms. The van der Waals surface area contributed by atoms with Crippen molar-refractivity contribution in [2.24, 2.45) is 22.7 Å². The summed E-state index contributed by atoms with van der Waals surface area (Å²) in [5, 5.41) is 5.48. The van der Waals surface area contributed by atoms with Crippen molar-refractivity contribution in [2.45, 2.75) is 33.7 Å². The molecule has 1 rings (SSSR count). The third-order valence-corrected chi connectivity index (χ3v) is 3.52. The van der Waals surface area contributed by atoms with Gasteiger partial charge in [0.05, 0.1) is 6.04 Å². The van der Waals surface area contributed by atoms with Gasteiger partial charge in [-0.2, -0.15) is 0 Å². The normalized spacial score (nSPS) is 14.1. The molecule has 0 amide bonds. The lowest BCUT2D eigenvalue weighted by atomic mass is 10.0. The van der Waals surface area contributed by atoms with Gasteiger partial charge in [0, 0.05) is 11.4 Å². The SMILES string of the molecule is CC(C)CN=C(NN)NC(c1cccs1)C(C)C. The van der Waals surface area contributed by atoms with Crippen LogP contribution in [0.4, 0.5) is 0 Å². The first-order chi connectivity index (χ1) is 8.54. The van der Waals surface area contributed by atoms with E-state index in [2.05, 4.69) is 60.9 Å². The van der Waals surface area contributed by atoms with Crippen LogP contribution in [0.2, 0.25) is 0 Å². The van der Waals surface area contributed by atoms with Gasteiger partial charge in [-0.05, 0) is 23.3 Å². The molecule has 4 N–H and O–H groups in total. The third kappa shape index (κ3) is 4.66. The van der Waals surface area contributed by atoms with Crippen LogP contribution in [-0.2, 0) is 0 Å². The van der Waals surface area contributed by atoms with E-state index in [4.69, 9.17) is 5.84 Å². The molecule has 1 atom stereocenters. The highest BCUT2D eigenvalue weighted by atomic mass is 32.1. The second-order valence-corrected chi connectivity index (χ2v) is 6.09. The maximum absolute atomic E-state index is 5.52. The number of hydrazine groups is 1. The average molecular weight is 268 g/mol. The van der Waals surface area contributed by atoms with Crippen LogP contribution >= 0.6 is 11.3 Å². The van der Waals surface area contributed by atoms with Crippen LogP contribution in [0.3, 0.4) is 0 Å². The molecule has 0 aromatic carbocycles. The number of hydrogen-bond acceptors (Lipinski definition) is 3. The maximum Gasteiger partial charge on any atom is 0.206 e. The Morgan fingerprint density at radius 2 is 2.11 bits per heavy atom. The van der Waals surface area contributed by atoms with E-state index in [1.807, 2.05) is 0 Å². The van der Waals surface area contributed by atoms with Crippen LogP contribution < -0.4 is 16.6 Å². The molecule has 4 nitrogen and oxygen atoms in total. The average Bonchev–Trinajstić information content (AvgIpc) is 2.82. The van der Waals surface area contributed by atoms with Gasteiger partial charge in [0.25, 0.3) is 0 Å². The lowest BCUT2D eigenvalue weighted by Gasteiger charge is -2.23. The summed E-state index contributed by atoms with van der Waals surface area (Å²) in [5.41, 5.74) is 2.65. The first-order valence-corrected chi connectivity index (χ1v) is 7.23. The van der Waals surface area contributed by atoms with E-state index >= 15 is 0 Å². The molecular weight excluding hydrogens is 244 g/mol. The molecule has 0 fully saturated rings. The summed E-state index contributed by atoms with van der Waals surface area (Å²) in [5.74, 6) is 7.18. The molecule has 0 aliphatic carbocycles. The minimum absolute atomic E-state index is 0.243. The van der Waals surface area contributed by atoms with Gasteiger partial charge in [0.2, 0.25) is 5.96 Å². The van der Waals surface area contributed by atoms with E-state index in [0.29, 0.717) is 17.8 Å². The molecule has 5 heteroatoms. The van der Waals surface area contributed by atoms with Crippen molar-refractivity contribution >= 4 is 17.3 Å². The third-order valence-electron chi connectivity index (χ3n) is 2.56. The summed E-state index contributed by atoms with van der Waals surface area (Å²) >= 11 is 1.75. The maximum atomic E-state index is 5.52. The molecule has 1 aromatic rings. The number of nitrogens with zero attached hydrogens (tertiary/aromatic N) is 1. The van der Waals surface area contributed by atoms with E-state index in [1.54, 1.807) is 11.3 Å². The van der Waals surface area contributed by atoms with Gasteiger partial charge < -0.3 is 5.32 Å². The van der Waals surface area contributed by atoms with E-state index in [-0.39, 0.29) is 6.04 Å². The van der Waals surface area contributed by atoms with Crippen LogP contribution in [0.15, 0.2) is 22.5 Å². The number of nitrogens with one attached hydrogen (secondary N) is 2. The highest BCUT2D eigenvalue weighted by Crippen LogP contribution is 2.25. The number of rotatable bonds is 5. The minimum atomic E-state index is 0.243. The van der Waals surface area contributed by atoms with Crippen molar-refractivity contribution in [2.75, 3.05) is 6.54 Å². The van der Waals surface area contributed by atoms with E-state index < -0.39 is 0 Å². The van der Waals surface area contributed by atoms with Crippen LogP contribution in [-0.4, -0.2) is 12.5 Å². The van der Waals surface area contributed by atoms with Gasteiger partial charge in [0.15, 0.2) is 0 Å². The summed E-state index contributed by atoms with van der Waals surface area (Å²) in [6.07, 6.45) is 0. The number of nitrogens with two attached hydrogens (primary N) is 1. The van der Waals surface area contributed by atoms with Gasteiger partial charge in [-0.3, -0.25) is 10.4 Å². The second kappa shape index (κ2) is 7.38. The zero-order valence-electron chi connectivity index (χ0n) is 11.6. The lowest BCUT2D eigenvalue weighted by molar-refractivity contribution is 0.471. The molecule has 0 bridgehead atoms. The Balaban J connectivity index is 2.73. The summed E-state index contributed by atoms with van der Waals surface area (Å²) in [6, 6.07) is 4.45. The van der Waals surface area contributed by atoms with Crippen molar-refractivity contribution in [3.8, 4) is 0 Å². The molecule has 0 saturated carbocycles. The van der Waals surface area contributed by atoms with Crippen LogP contribution in [0.5, 0.6) is 0 Å². The molecular formula is C13H24N4S. The molecule has 1 aromatic heterocycles. The topological polar surface area (TPSA) is 62.4 Å². The van der Waals surface area contributed by atoms with Crippen LogP contribution in [0, 0.1) is 11.8 Å². The highest BCUT2D eigenvalue weighted by molar-refractivity contribution is 7.10. The Bertz CT molecular complexity index is 357. The minimum Gasteiger partial charge on any atom is -0.347 e. The zero-order chi connectivity index (χ0) is 13.5. The fourth-order valence-electron chi connectivity index (χ4n) is 1.59. The van der Waals surface area contributed by atoms with Crippen molar-refractivity contribution in [3.63, 3.8) is 0 Å². The van der Waals surface area contributed by atoms with Crippen molar-refractivity contribution in [3.05, 3.63) is 22.4 Å². The standard InChI is InChI=1S/C13H24N4S/c1-9(2)8-15-13(17-14)16-12(10(3)4)11-6-5-7-18-11/h5-7,9-10,12H,8,14H2,1-4H3,(H2,15,16,17). The van der Waals surface area contributed by atoms with Gasteiger partial charge in [0.1, 0.15) is 0 Å². The number of aliphatic imine (C=N–C) groups is 1.